The summed E-state index contributed by atoms with van der Waals surface area (Å²) in [6, 6.07) is 3.21. The molecule has 1 aromatic carbocycles. The zero-order valence-corrected chi connectivity index (χ0v) is 13.4. The van der Waals surface area contributed by atoms with Crippen LogP contribution in [0.5, 0.6) is 5.75 Å². The van der Waals surface area contributed by atoms with Crippen molar-refractivity contribution in [3.8, 4) is 5.75 Å². The van der Waals surface area contributed by atoms with Gasteiger partial charge in [-0.25, -0.2) is 13.6 Å². The number of hydrogen-bond donors (Lipinski definition) is 1. The molecule has 0 unspecified atom stereocenters. The Labute approximate surface area is 122 Å². The second-order valence-electron chi connectivity index (χ2n) is 4.06. The SMILES string of the molecule is CCCOCCOc1c(C)cc(Br)cc1S(N)(=O)=O. The first kappa shape index (κ1) is 16.4. The summed E-state index contributed by atoms with van der Waals surface area (Å²) in [5.74, 6) is 0.283. The molecule has 0 amide bonds. The monoisotopic (exact) mass is 351 g/mol. The van der Waals surface area contributed by atoms with E-state index in [9.17, 15) is 8.42 Å². The number of rotatable bonds is 7. The van der Waals surface area contributed by atoms with E-state index in [1.807, 2.05) is 6.92 Å². The van der Waals surface area contributed by atoms with Gasteiger partial charge in [0.2, 0.25) is 10.0 Å². The van der Waals surface area contributed by atoms with E-state index < -0.39 is 10.0 Å². The van der Waals surface area contributed by atoms with E-state index in [0.717, 1.165) is 6.42 Å². The average molecular weight is 352 g/mol. The number of nitrogens with two attached hydrogens (primary N) is 1. The molecule has 108 valence electrons. The third-order valence-corrected chi connectivity index (χ3v) is 3.71. The first-order chi connectivity index (χ1) is 8.86. The summed E-state index contributed by atoms with van der Waals surface area (Å²) in [5, 5.41) is 5.19. The number of halogens is 1. The Morgan fingerprint density at radius 3 is 2.53 bits per heavy atom. The highest BCUT2D eigenvalue weighted by molar-refractivity contribution is 9.10. The minimum Gasteiger partial charge on any atom is -0.489 e. The summed E-state index contributed by atoms with van der Waals surface area (Å²) in [7, 11) is -3.82. The molecule has 0 radical (unpaired) electrons. The van der Waals surface area contributed by atoms with Gasteiger partial charge in [-0.05, 0) is 31.0 Å². The first-order valence-electron chi connectivity index (χ1n) is 5.89. The quantitative estimate of drug-likeness (QED) is 0.763. The molecule has 0 atom stereocenters. The maximum atomic E-state index is 11.5. The van der Waals surface area contributed by atoms with Crippen LogP contribution in [0.25, 0.3) is 0 Å². The van der Waals surface area contributed by atoms with E-state index in [-0.39, 0.29) is 17.3 Å². The van der Waals surface area contributed by atoms with Crippen LogP contribution in [0, 0.1) is 6.92 Å². The van der Waals surface area contributed by atoms with Gasteiger partial charge in [0.25, 0.3) is 0 Å². The number of hydrogen-bond acceptors (Lipinski definition) is 4. The summed E-state index contributed by atoms with van der Waals surface area (Å²) >= 11 is 3.24. The van der Waals surface area contributed by atoms with Crippen LogP contribution in [0.2, 0.25) is 0 Å². The molecule has 0 bridgehead atoms. The van der Waals surface area contributed by atoms with Crippen molar-refractivity contribution in [1.82, 2.24) is 0 Å². The average Bonchev–Trinajstić information content (AvgIpc) is 2.29. The van der Waals surface area contributed by atoms with Crippen LogP contribution in [-0.4, -0.2) is 28.2 Å². The predicted octanol–water partition coefficient (Wildman–Crippen LogP) is 2.21. The second kappa shape index (κ2) is 7.23. The highest BCUT2D eigenvalue weighted by Gasteiger charge is 2.18. The van der Waals surface area contributed by atoms with Crippen LogP contribution < -0.4 is 9.88 Å². The number of benzene rings is 1. The molecule has 0 aliphatic heterocycles. The minimum absolute atomic E-state index is 0.0186. The maximum absolute atomic E-state index is 11.5. The van der Waals surface area contributed by atoms with Crippen molar-refractivity contribution in [2.45, 2.75) is 25.2 Å². The molecule has 2 N–H and O–H groups in total. The topological polar surface area (TPSA) is 78.6 Å². The Kier molecular flexibility index (Phi) is 6.25. The lowest BCUT2D eigenvalue weighted by molar-refractivity contribution is 0.0993. The van der Waals surface area contributed by atoms with Crippen LogP contribution in [0.4, 0.5) is 0 Å². The van der Waals surface area contributed by atoms with Crippen molar-refractivity contribution >= 4 is 26.0 Å². The van der Waals surface area contributed by atoms with Gasteiger partial charge in [-0.15, -0.1) is 0 Å². The molecule has 0 aromatic heterocycles. The van der Waals surface area contributed by atoms with Crippen LogP contribution in [0.15, 0.2) is 21.5 Å². The Hall–Kier alpha value is -0.630. The van der Waals surface area contributed by atoms with Crippen molar-refractivity contribution in [3.05, 3.63) is 22.2 Å². The number of ether oxygens (including phenoxy) is 2. The second-order valence-corrected chi connectivity index (χ2v) is 6.50. The van der Waals surface area contributed by atoms with Crippen molar-refractivity contribution in [2.75, 3.05) is 19.8 Å². The van der Waals surface area contributed by atoms with Crippen LogP contribution >= 0.6 is 15.9 Å². The molecule has 1 rings (SSSR count). The Balaban J connectivity index is 2.87. The summed E-state index contributed by atoms with van der Waals surface area (Å²) < 4.78 is 34.5. The maximum Gasteiger partial charge on any atom is 0.241 e. The molecule has 0 spiro atoms. The Morgan fingerprint density at radius 2 is 1.95 bits per heavy atom. The van der Waals surface area contributed by atoms with Crippen molar-refractivity contribution < 1.29 is 17.9 Å². The minimum atomic E-state index is -3.82. The lowest BCUT2D eigenvalue weighted by atomic mass is 10.2. The van der Waals surface area contributed by atoms with Crippen molar-refractivity contribution in [3.63, 3.8) is 0 Å². The van der Waals surface area contributed by atoms with Gasteiger partial charge < -0.3 is 9.47 Å². The first-order valence-corrected chi connectivity index (χ1v) is 8.23. The fourth-order valence-electron chi connectivity index (χ4n) is 1.54. The molecule has 5 nitrogen and oxygen atoms in total. The highest BCUT2D eigenvalue weighted by Crippen LogP contribution is 2.30. The van der Waals surface area contributed by atoms with Gasteiger partial charge in [-0.2, -0.15) is 0 Å². The van der Waals surface area contributed by atoms with Crippen molar-refractivity contribution in [2.24, 2.45) is 5.14 Å². The van der Waals surface area contributed by atoms with Crippen LogP contribution in [0.1, 0.15) is 18.9 Å². The molecule has 0 saturated heterocycles. The normalized spacial score (nSPS) is 11.6. The zero-order valence-electron chi connectivity index (χ0n) is 11.0. The van der Waals surface area contributed by atoms with Crippen molar-refractivity contribution in [1.29, 1.82) is 0 Å². The zero-order chi connectivity index (χ0) is 14.5. The predicted molar refractivity (Wildman–Crippen MR) is 76.9 cm³/mol. The van der Waals surface area contributed by atoms with E-state index in [2.05, 4.69) is 15.9 Å². The molecule has 7 heteroatoms. The molecule has 0 aliphatic rings. The Bertz CT molecular complexity index is 531. The summed E-state index contributed by atoms with van der Waals surface area (Å²) in [5.41, 5.74) is 0.703. The van der Waals surface area contributed by atoms with Gasteiger partial charge in [-0.1, -0.05) is 22.9 Å². The highest BCUT2D eigenvalue weighted by atomic mass is 79.9. The third-order valence-electron chi connectivity index (χ3n) is 2.33. The van der Waals surface area contributed by atoms with Gasteiger partial charge >= 0.3 is 0 Å². The van der Waals surface area contributed by atoms with E-state index in [1.54, 1.807) is 13.0 Å². The van der Waals surface area contributed by atoms with Gasteiger partial charge in [-0.3, -0.25) is 0 Å². The standard InChI is InChI=1S/C12H18BrNO4S/c1-3-4-17-5-6-18-12-9(2)7-10(13)8-11(12)19(14,15)16/h7-8H,3-6H2,1-2H3,(H2,14,15,16). The number of sulfonamides is 1. The van der Waals surface area contributed by atoms with Crippen LogP contribution in [-0.2, 0) is 14.8 Å². The van der Waals surface area contributed by atoms with Gasteiger partial charge in [0.15, 0.2) is 0 Å². The van der Waals surface area contributed by atoms with E-state index >= 15 is 0 Å². The molecular formula is C12H18BrNO4S. The summed E-state index contributed by atoms with van der Waals surface area (Å²) in [6.07, 6.45) is 0.930. The molecule has 0 fully saturated rings. The lowest BCUT2D eigenvalue weighted by Gasteiger charge is -2.13. The molecule has 1 aromatic rings. The molecular weight excluding hydrogens is 334 g/mol. The van der Waals surface area contributed by atoms with E-state index in [4.69, 9.17) is 14.6 Å². The molecule has 0 saturated carbocycles. The number of primary sulfonamides is 1. The summed E-state index contributed by atoms with van der Waals surface area (Å²) in [6.45, 7) is 5.13. The number of aryl methyl sites for hydroxylation is 1. The third kappa shape index (κ3) is 5.10. The van der Waals surface area contributed by atoms with Crippen LogP contribution in [0.3, 0.4) is 0 Å². The fourth-order valence-corrected chi connectivity index (χ4v) is 3.04. The van der Waals surface area contributed by atoms with E-state index in [1.165, 1.54) is 6.07 Å². The van der Waals surface area contributed by atoms with E-state index in [0.29, 0.717) is 23.2 Å². The fraction of sp³-hybridized carbons (Fsp3) is 0.500. The van der Waals surface area contributed by atoms with Gasteiger partial charge in [0.05, 0.1) is 6.61 Å². The van der Waals surface area contributed by atoms with Gasteiger partial charge in [0, 0.05) is 11.1 Å². The molecule has 0 heterocycles. The Morgan fingerprint density at radius 1 is 1.26 bits per heavy atom. The molecule has 19 heavy (non-hydrogen) atoms. The largest absolute Gasteiger partial charge is 0.489 e. The lowest BCUT2D eigenvalue weighted by Crippen LogP contribution is -2.16. The summed E-state index contributed by atoms with van der Waals surface area (Å²) in [4.78, 5) is -0.0186. The van der Waals surface area contributed by atoms with Gasteiger partial charge in [0.1, 0.15) is 17.3 Å². The molecule has 0 aliphatic carbocycles. The smallest absolute Gasteiger partial charge is 0.241 e.